The van der Waals surface area contributed by atoms with Crippen molar-refractivity contribution in [3.8, 4) is 0 Å². The Morgan fingerprint density at radius 2 is 1.83 bits per heavy atom. The van der Waals surface area contributed by atoms with Crippen molar-refractivity contribution in [3.05, 3.63) is 28.7 Å². The van der Waals surface area contributed by atoms with Gasteiger partial charge >= 0.3 is 0 Å². The fourth-order valence-corrected chi connectivity index (χ4v) is 3.99. The molecule has 0 aromatic heterocycles. The van der Waals surface area contributed by atoms with Crippen molar-refractivity contribution in [1.29, 1.82) is 0 Å². The molecule has 0 saturated carbocycles. The van der Waals surface area contributed by atoms with Crippen LogP contribution in [0, 0.1) is 0 Å². The SMILES string of the molecule is NC1CCCCCN1S(=O)(=O)c1ccc(Br)cc1. The molecule has 2 rings (SSSR count). The van der Waals surface area contributed by atoms with Crippen LogP contribution in [-0.2, 0) is 10.0 Å². The van der Waals surface area contributed by atoms with E-state index in [1.807, 2.05) is 0 Å². The van der Waals surface area contributed by atoms with Crippen LogP contribution in [0.3, 0.4) is 0 Å². The van der Waals surface area contributed by atoms with Crippen molar-refractivity contribution < 1.29 is 8.42 Å². The van der Waals surface area contributed by atoms with Crippen molar-refractivity contribution in [2.45, 2.75) is 36.7 Å². The minimum Gasteiger partial charge on any atom is -0.315 e. The van der Waals surface area contributed by atoms with Gasteiger partial charge in [-0.3, -0.25) is 0 Å². The maximum atomic E-state index is 12.5. The van der Waals surface area contributed by atoms with Crippen molar-refractivity contribution >= 4 is 26.0 Å². The van der Waals surface area contributed by atoms with Gasteiger partial charge in [-0.05, 0) is 37.1 Å². The third-order valence-corrected chi connectivity index (χ3v) is 5.64. The molecule has 1 aromatic rings. The summed E-state index contributed by atoms with van der Waals surface area (Å²) in [7, 11) is -3.46. The molecule has 4 nitrogen and oxygen atoms in total. The van der Waals surface area contributed by atoms with Gasteiger partial charge in [0.15, 0.2) is 0 Å². The summed E-state index contributed by atoms with van der Waals surface area (Å²) in [5.41, 5.74) is 5.97. The summed E-state index contributed by atoms with van der Waals surface area (Å²) in [5, 5.41) is 0. The number of hydrogen-bond acceptors (Lipinski definition) is 3. The van der Waals surface area contributed by atoms with Crippen LogP contribution in [0.4, 0.5) is 0 Å². The van der Waals surface area contributed by atoms with E-state index in [1.165, 1.54) is 4.31 Å². The highest BCUT2D eigenvalue weighted by Crippen LogP contribution is 2.23. The van der Waals surface area contributed by atoms with E-state index in [2.05, 4.69) is 15.9 Å². The Morgan fingerprint density at radius 1 is 1.17 bits per heavy atom. The first-order valence-corrected chi connectivity index (χ1v) is 8.28. The zero-order chi connectivity index (χ0) is 13.2. The normalized spacial score (nSPS) is 22.7. The van der Waals surface area contributed by atoms with E-state index in [4.69, 9.17) is 5.73 Å². The second-order valence-electron chi connectivity index (χ2n) is 4.49. The van der Waals surface area contributed by atoms with Crippen LogP contribution in [0.25, 0.3) is 0 Å². The van der Waals surface area contributed by atoms with E-state index in [1.54, 1.807) is 24.3 Å². The first kappa shape index (κ1) is 14.0. The highest BCUT2D eigenvalue weighted by molar-refractivity contribution is 9.10. The number of benzene rings is 1. The zero-order valence-electron chi connectivity index (χ0n) is 10.0. The summed E-state index contributed by atoms with van der Waals surface area (Å²) in [4.78, 5) is 0.308. The molecule has 18 heavy (non-hydrogen) atoms. The van der Waals surface area contributed by atoms with E-state index < -0.39 is 16.2 Å². The van der Waals surface area contributed by atoms with Crippen LogP contribution in [0.2, 0.25) is 0 Å². The van der Waals surface area contributed by atoms with Gasteiger partial charge in [-0.25, -0.2) is 8.42 Å². The lowest BCUT2D eigenvalue weighted by atomic mass is 10.2. The number of sulfonamides is 1. The summed E-state index contributed by atoms with van der Waals surface area (Å²) in [6.45, 7) is 0.513. The molecule has 6 heteroatoms. The molecule has 0 bridgehead atoms. The Labute approximate surface area is 116 Å². The summed E-state index contributed by atoms with van der Waals surface area (Å²) in [6, 6.07) is 6.68. The van der Waals surface area contributed by atoms with Gasteiger partial charge in [0.1, 0.15) is 0 Å². The fraction of sp³-hybridized carbons (Fsp3) is 0.500. The molecule has 1 atom stereocenters. The van der Waals surface area contributed by atoms with Gasteiger partial charge < -0.3 is 5.73 Å². The van der Waals surface area contributed by atoms with Gasteiger partial charge in [-0.2, -0.15) is 4.31 Å². The van der Waals surface area contributed by atoms with Crippen LogP contribution in [0.5, 0.6) is 0 Å². The Bertz CT molecular complexity index is 501. The third kappa shape index (κ3) is 2.93. The molecule has 1 fully saturated rings. The first-order valence-electron chi connectivity index (χ1n) is 6.05. The molecule has 0 aliphatic carbocycles. The quantitative estimate of drug-likeness (QED) is 0.903. The first-order chi connectivity index (χ1) is 8.51. The smallest absolute Gasteiger partial charge is 0.244 e. The van der Waals surface area contributed by atoms with E-state index >= 15 is 0 Å². The fourth-order valence-electron chi connectivity index (χ4n) is 2.15. The number of nitrogens with two attached hydrogens (primary N) is 1. The molecular formula is C12H17BrN2O2S. The van der Waals surface area contributed by atoms with E-state index in [0.29, 0.717) is 11.4 Å². The Morgan fingerprint density at radius 3 is 2.50 bits per heavy atom. The minimum absolute atomic E-state index is 0.308. The predicted octanol–water partition coefficient (Wildman–Crippen LogP) is 2.30. The Hall–Kier alpha value is -0.430. The van der Waals surface area contributed by atoms with Gasteiger partial charge in [-0.1, -0.05) is 28.8 Å². The van der Waals surface area contributed by atoms with Crippen molar-refractivity contribution in [3.63, 3.8) is 0 Å². The van der Waals surface area contributed by atoms with Crippen molar-refractivity contribution in [1.82, 2.24) is 4.31 Å². The molecular weight excluding hydrogens is 316 g/mol. The van der Waals surface area contributed by atoms with E-state index in [-0.39, 0.29) is 0 Å². The maximum Gasteiger partial charge on any atom is 0.244 e. The third-order valence-electron chi connectivity index (χ3n) is 3.17. The standard InChI is InChI=1S/C12H17BrN2O2S/c13-10-5-7-11(8-6-10)18(16,17)15-9-3-1-2-4-12(15)14/h5-8,12H,1-4,9,14H2. The van der Waals surface area contributed by atoms with E-state index in [9.17, 15) is 8.42 Å². The van der Waals surface area contributed by atoms with Gasteiger partial charge in [0.2, 0.25) is 10.0 Å². The van der Waals surface area contributed by atoms with Gasteiger partial charge in [0.05, 0.1) is 11.1 Å². The van der Waals surface area contributed by atoms with Crippen LogP contribution in [0.15, 0.2) is 33.6 Å². The Balaban J connectivity index is 2.31. The second-order valence-corrected chi connectivity index (χ2v) is 7.29. The van der Waals surface area contributed by atoms with Crippen LogP contribution >= 0.6 is 15.9 Å². The lowest BCUT2D eigenvalue weighted by molar-refractivity contribution is 0.329. The predicted molar refractivity (Wildman–Crippen MR) is 74.5 cm³/mol. The average Bonchev–Trinajstić information content (AvgIpc) is 2.55. The summed E-state index contributed by atoms with van der Waals surface area (Å²) < 4.78 is 27.3. The molecule has 0 radical (unpaired) electrons. The largest absolute Gasteiger partial charge is 0.315 e. The molecule has 1 saturated heterocycles. The second kappa shape index (κ2) is 5.69. The maximum absolute atomic E-state index is 12.5. The van der Waals surface area contributed by atoms with Crippen LogP contribution in [-0.4, -0.2) is 25.4 Å². The molecule has 2 N–H and O–H groups in total. The molecule has 1 heterocycles. The highest BCUT2D eigenvalue weighted by Gasteiger charge is 2.30. The summed E-state index contributed by atoms with van der Waals surface area (Å²) in [6.07, 6.45) is 3.24. The molecule has 1 aliphatic heterocycles. The molecule has 1 unspecified atom stereocenters. The van der Waals surface area contributed by atoms with Crippen LogP contribution in [0.1, 0.15) is 25.7 Å². The molecule has 0 spiro atoms. The van der Waals surface area contributed by atoms with Crippen LogP contribution < -0.4 is 5.73 Å². The lowest BCUT2D eigenvalue weighted by Crippen LogP contribution is -2.45. The van der Waals surface area contributed by atoms with E-state index in [0.717, 1.165) is 30.2 Å². The lowest BCUT2D eigenvalue weighted by Gasteiger charge is -2.25. The Kier molecular flexibility index (Phi) is 4.42. The number of nitrogens with zero attached hydrogens (tertiary/aromatic N) is 1. The molecule has 0 amide bonds. The van der Waals surface area contributed by atoms with Gasteiger partial charge in [0, 0.05) is 11.0 Å². The summed E-state index contributed by atoms with van der Waals surface area (Å²) >= 11 is 3.30. The molecule has 1 aromatic carbocycles. The number of hydrogen-bond donors (Lipinski definition) is 1. The zero-order valence-corrected chi connectivity index (χ0v) is 12.5. The van der Waals surface area contributed by atoms with Gasteiger partial charge in [0.25, 0.3) is 0 Å². The average molecular weight is 333 g/mol. The minimum atomic E-state index is -3.46. The van der Waals surface area contributed by atoms with Gasteiger partial charge in [-0.15, -0.1) is 0 Å². The number of halogens is 1. The number of rotatable bonds is 2. The monoisotopic (exact) mass is 332 g/mol. The van der Waals surface area contributed by atoms with Crippen molar-refractivity contribution in [2.75, 3.05) is 6.54 Å². The topological polar surface area (TPSA) is 63.4 Å². The summed E-state index contributed by atoms with van der Waals surface area (Å²) in [5.74, 6) is 0. The molecule has 1 aliphatic rings. The van der Waals surface area contributed by atoms with Crippen molar-refractivity contribution in [2.24, 2.45) is 5.73 Å². The highest BCUT2D eigenvalue weighted by atomic mass is 79.9. The molecule has 100 valence electrons.